The minimum atomic E-state index is -0.408. The predicted molar refractivity (Wildman–Crippen MR) is 129 cm³/mol. The molecule has 0 bridgehead atoms. The van der Waals surface area contributed by atoms with Gasteiger partial charge in [-0.2, -0.15) is 0 Å². The van der Waals surface area contributed by atoms with Gasteiger partial charge in [0.05, 0.1) is 5.69 Å². The van der Waals surface area contributed by atoms with Gasteiger partial charge < -0.3 is 15.5 Å². The summed E-state index contributed by atoms with van der Waals surface area (Å²) >= 11 is 1.26. The molecular weight excluding hydrogens is 425 g/mol. The summed E-state index contributed by atoms with van der Waals surface area (Å²) < 4.78 is 13.1. The number of hydrogen-bond donors (Lipinski definition) is 2. The smallest absolute Gasteiger partial charge is 0.267 e. The van der Waals surface area contributed by atoms with E-state index in [1.807, 2.05) is 6.92 Å². The average molecular weight is 452 g/mol. The normalized spacial score (nSPS) is 13.3. The number of carbonyl (C=O) groups excluding carboxylic acids is 2. The zero-order valence-electron chi connectivity index (χ0n) is 18.4. The minimum Gasteiger partial charge on any atom is -0.371 e. The van der Waals surface area contributed by atoms with Gasteiger partial charge in [-0.3, -0.25) is 9.59 Å². The highest BCUT2D eigenvalue weighted by atomic mass is 32.1. The van der Waals surface area contributed by atoms with Crippen LogP contribution in [0.25, 0.3) is 0 Å². The zero-order valence-corrected chi connectivity index (χ0v) is 19.2. The van der Waals surface area contributed by atoms with Gasteiger partial charge in [-0.05, 0) is 86.0 Å². The molecule has 1 aromatic heterocycles. The molecule has 5 nitrogen and oxygen atoms in total. The number of aryl methyl sites for hydroxylation is 2. The lowest BCUT2D eigenvalue weighted by molar-refractivity contribution is 0.102. The Kier molecular flexibility index (Phi) is 6.28. The molecule has 166 valence electrons. The Labute approximate surface area is 191 Å². The SMILES string of the molecule is Cc1cc(C)c(N2CCCC2)c(C)c1NC(=O)c1sccc1NC(=O)c1ccc(F)cc1. The molecule has 0 atom stereocenters. The molecule has 2 heterocycles. The summed E-state index contributed by atoms with van der Waals surface area (Å²) in [5, 5.41) is 7.61. The molecule has 0 radical (unpaired) electrons. The fourth-order valence-electron chi connectivity index (χ4n) is 4.34. The molecule has 2 amide bonds. The number of halogens is 1. The molecule has 32 heavy (non-hydrogen) atoms. The van der Waals surface area contributed by atoms with Crippen molar-refractivity contribution >= 4 is 40.2 Å². The average Bonchev–Trinajstić information content (AvgIpc) is 3.44. The summed E-state index contributed by atoms with van der Waals surface area (Å²) in [4.78, 5) is 28.5. The van der Waals surface area contributed by atoms with Crippen LogP contribution in [-0.4, -0.2) is 24.9 Å². The number of amides is 2. The van der Waals surface area contributed by atoms with E-state index in [-0.39, 0.29) is 5.91 Å². The van der Waals surface area contributed by atoms with Gasteiger partial charge >= 0.3 is 0 Å². The molecule has 1 saturated heterocycles. The van der Waals surface area contributed by atoms with Crippen molar-refractivity contribution in [3.8, 4) is 0 Å². The monoisotopic (exact) mass is 451 g/mol. The maximum Gasteiger partial charge on any atom is 0.267 e. The highest BCUT2D eigenvalue weighted by Gasteiger charge is 2.22. The Morgan fingerprint density at radius 2 is 1.62 bits per heavy atom. The van der Waals surface area contributed by atoms with E-state index in [2.05, 4.69) is 35.4 Å². The van der Waals surface area contributed by atoms with Crippen LogP contribution in [0.2, 0.25) is 0 Å². The molecular formula is C25H26FN3O2S. The third-order valence-corrected chi connectivity index (χ3v) is 6.73. The fourth-order valence-corrected chi connectivity index (χ4v) is 5.09. The van der Waals surface area contributed by atoms with Crippen LogP contribution in [0.15, 0.2) is 41.8 Å². The van der Waals surface area contributed by atoms with Crippen molar-refractivity contribution in [3.05, 3.63) is 74.7 Å². The predicted octanol–water partition coefficient (Wildman–Crippen LogP) is 5.92. The molecule has 1 aliphatic rings. The first-order chi connectivity index (χ1) is 15.3. The van der Waals surface area contributed by atoms with Crippen LogP contribution in [0.3, 0.4) is 0 Å². The van der Waals surface area contributed by atoms with Gasteiger partial charge in [-0.25, -0.2) is 4.39 Å². The third-order valence-electron chi connectivity index (χ3n) is 5.82. The van der Waals surface area contributed by atoms with E-state index in [4.69, 9.17) is 0 Å². The first-order valence-corrected chi connectivity index (χ1v) is 11.5. The van der Waals surface area contributed by atoms with Gasteiger partial charge in [0.2, 0.25) is 0 Å². The van der Waals surface area contributed by atoms with Crippen LogP contribution < -0.4 is 15.5 Å². The standard InChI is InChI=1S/C25H26FN3O2S/c1-15-14-16(2)22(29-11-4-5-12-29)17(3)21(15)28-25(31)23-20(10-13-32-23)27-24(30)18-6-8-19(26)9-7-18/h6-10,13-14H,4-5,11-12H2,1-3H3,(H,27,30)(H,28,31). The number of anilines is 3. The number of hydrogen-bond acceptors (Lipinski definition) is 4. The molecule has 3 aromatic rings. The van der Waals surface area contributed by atoms with Gasteiger partial charge in [0, 0.05) is 30.0 Å². The lowest BCUT2D eigenvalue weighted by Gasteiger charge is -2.26. The Hall–Kier alpha value is -3.19. The van der Waals surface area contributed by atoms with Crippen molar-refractivity contribution in [2.45, 2.75) is 33.6 Å². The van der Waals surface area contributed by atoms with Crippen LogP contribution in [0.1, 0.15) is 49.6 Å². The van der Waals surface area contributed by atoms with Crippen molar-refractivity contribution in [2.75, 3.05) is 28.6 Å². The van der Waals surface area contributed by atoms with Gasteiger partial charge in [-0.1, -0.05) is 6.07 Å². The van der Waals surface area contributed by atoms with Crippen molar-refractivity contribution in [3.63, 3.8) is 0 Å². The highest BCUT2D eigenvalue weighted by molar-refractivity contribution is 7.12. The molecule has 0 saturated carbocycles. The van der Waals surface area contributed by atoms with Crippen molar-refractivity contribution < 1.29 is 14.0 Å². The largest absolute Gasteiger partial charge is 0.371 e. The van der Waals surface area contributed by atoms with Crippen molar-refractivity contribution in [1.82, 2.24) is 0 Å². The Morgan fingerprint density at radius 1 is 0.938 bits per heavy atom. The summed E-state index contributed by atoms with van der Waals surface area (Å²) in [6.07, 6.45) is 2.36. The molecule has 7 heteroatoms. The number of nitrogens with zero attached hydrogens (tertiary/aromatic N) is 1. The highest BCUT2D eigenvalue weighted by Crippen LogP contribution is 2.36. The molecule has 0 unspecified atom stereocenters. The molecule has 2 N–H and O–H groups in total. The maximum absolute atomic E-state index is 13.2. The maximum atomic E-state index is 13.2. The van der Waals surface area contributed by atoms with E-state index in [1.165, 1.54) is 59.7 Å². The summed E-state index contributed by atoms with van der Waals surface area (Å²) in [6.45, 7) is 8.22. The number of benzene rings is 2. The first-order valence-electron chi connectivity index (χ1n) is 10.7. The number of nitrogens with one attached hydrogen (secondary N) is 2. The van der Waals surface area contributed by atoms with Crippen LogP contribution in [-0.2, 0) is 0 Å². The third kappa shape index (κ3) is 4.39. The summed E-state index contributed by atoms with van der Waals surface area (Å²) in [5.74, 6) is -1.07. The minimum absolute atomic E-state index is 0.267. The fraction of sp³-hybridized carbons (Fsp3) is 0.280. The molecule has 2 aromatic carbocycles. The van der Waals surface area contributed by atoms with E-state index in [0.29, 0.717) is 16.1 Å². The summed E-state index contributed by atoms with van der Waals surface area (Å²) in [6, 6.07) is 9.10. The van der Waals surface area contributed by atoms with Crippen LogP contribution >= 0.6 is 11.3 Å². The summed E-state index contributed by atoms with van der Waals surface area (Å²) in [7, 11) is 0. The van der Waals surface area contributed by atoms with Crippen LogP contribution in [0.4, 0.5) is 21.5 Å². The molecule has 0 aliphatic carbocycles. The van der Waals surface area contributed by atoms with Gasteiger partial charge in [0.15, 0.2) is 0 Å². The van der Waals surface area contributed by atoms with Crippen molar-refractivity contribution in [1.29, 1.82) is 0 Å². The molecule has 1 aliphatic heterocycles. The van der Waals surface area contributed by atoms with Gasteiger partial charge in [-0.15, -0.1) is 11.3 Å². The molecule has 1 fully saturated rings. The number of thiophene rings is 1. The van der Waals surface area contributed by atoms with Crippen molar-refractivity contribution in [2.24, 2.45) is 0 Å². The second-order valence-corrected chi connectivity index (χ2v) is 9.05. The second kappa shape index (κ2) is 9.12. The lowest BCUT2D eigenvalue weighted by Crippen LogP contribution is -2.22. The first kappa shape index (κ1) is 22.0. The van der Waals surface area contributed by atoms with Gasteiger partial charge in [0.25, 0.3) is 11.8 Å². The zero-order chi connectivity index (χ0) is 22.8. The number of carbonyl (C=O) groups is 2. The van der Waals surface area contributed by atoms with E-state index >= 15 is 0 Å². The van der Waals surface area contributed by atoms with E-state index in [1.54, 1.807) is 11.4 Å². The second-order valence-electron chi connectivity index (χ2n) is 8.13. The Bertz CT molecular complexity index is 1160. The molecule has 0 spiro atoms. The van der Waals surface area contributed by atoms with Gasteiger partial charge in [0.1, 0.15) is 10.7 Å². The Morgan fingerprint density at radius 3 is 2.31 bits per heavy atom. The summed E-state index contributed by atoms with van der Waals surface area (Å²) in [5.41, 5.74) is 6.04. The number of rotatable bonds is 5. The molecule has 4 rings (SSSR count). The quantitative estimate of drug-likeness (QED) is 0.506. The van der Waals surface area contributed by atoms with E-state index in [9.17, 15) is 14.0 Å². The van der Waals surface area contributed by atoms with Crippen LogP contribution in [0, 0.1) is 26.6 Å². The van der Waals surface area contributed by atoms with E-state index < -0.39 is 11.7 Å². The van der Waals surface area contributed by atoms with E-state index in [0.717, 1.165) is 29.9 Å². The van der Waals surface area contributed by atoms with Crippen LogP contribution in [0.5, 0.6) is 0 Å². The topological polar surface area (TPSA) is 61.4 Å². The Balaban J connectivity index is 1.57. The lowest BCUT2D eigenvalue weighted by atomic mass is 10.0.